The van der Waals surface area contributed by atoms with Crippen LogP contribution in [0.2, 0.25) is 0 Å². The second-order valence-corrected chi connectivity index (χ2v) is 4.05. The van der Waals surface area contributed by atoms with Crippen LogP contribution in [0.15, 0.2) is 0 Å². The van der Waals surface area contributed by atoms with Gasteiger partial charge in [-0.1, -0.05) is 0 Å². The molecule has 0 bridgehead atoms. The number of nitrogens with zero attached hydrogens (tertiary/aromatic N) is 3. The molecule has 1 aliphatic rings. The van der Waals surface area contributed by atoms with Crippen molar-refractivity contribution in [2.75, 3.05) is 42.0 Å². The standard InChI is InChI=1S/C7H13ClNO.2C2H6N.CH3.Ti/c1-9-5-10-7-4-2-3-6(7)8;2*1-3-2;;/h6-7H,2-5H2,1H3;2*1-2H3;1H3;/q4*-1;+4. The van der Waals surface area contributed by atoms with E-state index in [9.17, 15) is 0 Å². The summed E-state index contributed by atoms with van der Waals surface area (Å²) in [6.45, 7) is 0.494. The molecule has 0 aromatic carbocycles. The van der Waals surface area contributed by atoms with E-state index >= 15 is 0 Å². The average molecular weight is 314 g/mol. The largest absolute Gasteiger partial charge is 4.00 e. The molecule has 0 N–H and O–H groups in total. The fourth-order valence-electron chi connectivity index (χ4n) is 1.24. The van der Waals surface area contributed by atoms with Crippen LogP contribution in [-0.4, -0.2) is 53.5 Å². The third-order valence-electron chi connectivity index (χ3n) is 1.79. The van der Waals surface area contributed by atoms with Crippen LogP contribution in [0.4, 0.5) is 0 Å². The van der Waals surface area contributed by atoms with Crippen molar-refractivity contribution in [2.45, 2.75) is 30.7 Å². The second-order valence-electron chi connectivity index (χ2n) is 3.49. The predicted octanol–water partition coefficient (Wildman–Crippen LogP) is 3.81. The van der Waals surface area contributed by atoms with Gasteiger partial charge < -0.3 is 28.1 Å². The number of alkyl halides is 1. The molecular weight excluding hydrogens is 285 g/mol. The van der Waals surface area contributed by atoms with E-state index in [0.29, 0.717) is 6.73 Å². The third kappa shape index (κ3) is 19.2. The van der Waals surface area contributed by atoms with E-state index in [-0.39, 0.29) is 40.6 Å². The molecule has 18 heavy (non-hydrogen) atoms. The molecule has 0 saturated heterocycles. The van der Waals surface area contributed by atoms with Crippen molar-refractivity contribution in [1.29, 1.82) is 0 Å². The molecule has 4 nitrogen and oxygen atoms in total. The molecular formula is C12H28ClN3OTi. The second kappa shape index (κ2) is 23.0. The predicted molar refractivity (Wildman–Crippen MR) is 79.3 cm³/mol. The summed E-state index contributed by atoms with van der Waals surface area (Å²) >= 11 is 5.95. The molecule has 108 valence electrons. The van der Waals surface area contributed by atoms with E-state index < -0.39 is 0 Å². The van der Waals surface area contributed by atoms with Gasteiger partial charge in [0.25, 0.3) is 0 Å². The Morgan fingerprint density at radius 2 is 1.50 bits per heavy atom. The van der Waals surface area contributed by atoms with Crippen molar-refractivity contribution < 1.29 is 26.5 Å². The topological polar surface area (TPSA) is 51.5 Å². The fourth-order valence-corrected chi connectivity index (χ4v) is 1.59. The van der Waals surface area contributed by atoms with Gasteiger partial charge in [0, 0.05) is 0 Å². The summed E-state index contributed by atoms with van der Waals surface area (Å²) in [4.78, 5) is 0. The Hall–Kier alpha value is 0.844. The van der Waals surface area contributed by atoms with Crippen LogP contribution >= 0.6 is 11.6 Å². The van der Waals surface area contributed by atoms with Gasteiger partial charge in [-0.3, -0.25) is 0 Å². The maximum atomic E-state index is 5.95. The van der Waals surface area contributed by atoms with E-state index in [2.05, 4.69) is 16.0 Å². The first-order valence-electron chi connectivity index (χ1n) is 5.44. The summed E-state index contributed by atoms with van der Waals surface area (Å²) in [5, 5.41) is 11.1. The molecule has 6 heteroatoms. The van der Waals surface area contributed by atoms with E-state index in [0.717, 1.165) is 12.8 Å². The number of rotatable bonds is 3. The van der Waals surface area contributed by atoms with Crippen LogP contribution in [0.25, 0.3) is 16.0 Å². The maximum absolute atomic E-state index is 5.95. The van der Waals surface area contributed by atoms with E-state index in [1.807, 2.05) is 0 Å². The zero-order chi connectivity index (χ0) is 12.8. The van der Waals surface area contributed by atoms with Gasteiger partial charge in [-0.25, -0.2) is 0 Å². The average Bonchev–Trinajstić information content (AvgIpc) is 2.63. The Bertz CT molecular complexity index is 132. The fraction of sp³-hybridized carbons (Fsp3) is 0.917. The maximum Gasteiger partial charge on any atom is 4.00 e. The van der Waals surface area contributed by atoms with Crippen molar-refractivity contribution >= 4 is 11.6 Å². The van der Waals surface area contributed by atoms with Crippen molar-refractivity contribution in [3.8, 4) is 0 Å². The summed E-state index contributed by atoms with van der Waals surface area (Å²) < 4.78 is 5.37. The van der Waals surface area contributed by atoms with Crippen LogP contribution in [0, 0.1) is 7.43 Å². The first-order chi connectivity index (χ1) is 7.67. The van der Waals surface area contributed by atoms with Crippen LogP contribution < -0.4 is 0 Å². The Labute approximate surface area is 134 Å². The first-order valence-corrected chi connectivity index (χ1v) is 5.88. The molecule has 1 fully saturated rings. The van der Waals surface area contributed by atoms with E-state index in [4.69, 9.17) is 16.3 Å². The molecule has 0 heterocycles. The van der Waals surface area contributed by atoms with Crippen LogP contribution in [0.5, 0.6) is 0 Å². The third-order valence-corrected chi connectivity index (χ3v) is 2.29. The summed E-state index contributed by atoms with van der Waals surface area (Å²) in [7, 11) is 8.75. The van der Waals surface area contributed by atoms with Gasteiger partial charge in [-0.15, -0.1) is 11.6 Å². The van der Waals surface area contributed by atoms with Gasteiger partial charge in [-0.05, 0) is 26.0 Å². The molecule has 0 amide bonds. The quantitative estimate of drug-likeness (QED) is 0.444. The summed E-state index contributed by atoms with van der Waals surface area (Å²) in [6, 6.07) is 0. The molecule has 0 aromatic rings. The van der Waals surface area contributed by atoms with Crippen LogP contribution in [0.3, 0.4) is 0 Å². The normalized spacial score (nSPS) is 20.3. The summed E-state index contributed by atoms with van der Waals surface area (Å²) in [5.41, 5.74) is 0. The molecule has 1 aliphatic carbocycles. The smallest absolute Gasteiger partial charge is 0.668 e. The minimum absolute atomic E-state index is 0. The number of hydrogen-bond acceptors (Lipinski definition) is 1. The molecule has 0 aromatic heterocycles. The minimum atomic E-state index is 0. The Balaban J connectivity index is -0.000000106. The zero-order valence-corrected chi connectivity index (χ0v) is 14.9. The van der Waals surface area contributed by atoms with E-state index in [1.54, 1.807) is 35.2 Å². The van der Waals surface area contributed by atoms with Gasteiger partial charge in [-0.2, -0.15) is 35.2 Å². The molecule has 1 saturated carbocycles. The van der Waals surface area contributed by atoms with Crippen molar-refractivity contribution in [1.82, 2.24) is 0 Å². The number of hydrogen-bond donors (Lipinski definition) is 0. The van der Waals surface area contributed by atoms with Gasteiger partial charge in [0.05, 0.1) is 11.5 Å². The number of halogens is 1. The van der Waals surface area contributed by atoms with Crippen molar-refractivity contribution in [3.63, 3.8) is 0 Å². The minimum Gasteiger partial charge on any atom is -0.668 e. The monoisotopic (exact) mass is 313 g/mol. The van der Waals surface area contributed by atoms with Crippen molar-refractivity contribution in [2.24, 2.45) is 0 Å². The van der Waals surface area contributed by atoms with Crippen LogP contribution in [-0.2, 0) is 26.5 Å². The Morgan fingerprint density at radius 1 is 1.06 bits per heavy atom. The first kappa shape index (κ1) is 27.2. The van der Waals surface area contributed by atoms with Crippen LogP contribution in [0.1, 0.15) is 19.3 Å². The molecule has 0 aliphatic heterocycles. The Kier molecular flexibility index (Phi) is 34.8. The SMILES string of the molecule is C[N-]C.C[N-]C.C[N-]COC1CCCC1Cl.[CH3-].[Ti+4]. The summed E-state index contributed by atoms with van der Waals surface area (Å²) in [6.07, 6.45) is 3.65. The molecule has 2 atom stereocenters. The Morgan fingerprint density at radius 3 is 1.78 bits per heavy atom. The number of ether oxygens (including phenoxy) is 1. The van der Waals surface area contributed by atoms with Crippen molar-refractivity contribution in [3.05, 3.63) is 23.4 Å². The molecule has 0 radical (unpaired) electrons. The van der Waals surface area contributed by atoms with Gasteiger partial charge in [0.1, 0.15) is 0 Å². The summed E-state index contributed by atoms with van der Waals surface area (Å²) in [5.74, 6) is 0. The molecule has 2 unspecified atom stereocenters. The van der Waals surface area contributed by atoms with Gasteiger partial charge >= 0.3 is 21.7 Å². The molecule has 0 spiro atoms. The zero-order valence-electron chi connectivity index (χ0n) is 12.6. The van der Waals surface area contributed by atoms with Gasteiger partial charge in [0.15, 0.2) is 0 Å². The molecule has 1 rings (SSSR count). The van der Waals surface area contributed by atoms with E-state index in [1.165, 1.54) is 6.42 Å². The van der Waals surface area contributed by atoms with Gasteiger partial charge in [0.2, 0.25) is 0 Å².